The predicted molar refractivity (Wildman–Crippen MR) is 105 cm³/mol. The fourth-order valence-electron chi connectivity index (χ4n) is 3.21. The van der Waals surface area contributed by atoms with Gasteiger partial charge in [-0.3, -0.25) is 4.79 Å². The molecule has 1 aliphatic heterocycles. The van der Waals surface area contributed by atoms with E-state index >= 15 is 0 Å². The molecule has 3 amide bonds. The highest BCUT2D eigenvalue weighted by Gasteiger charge is 2.33. The Kier molecular flexibility index (Phi) is 5.86. The minimum Gasteiger partial charge on any atom is -0.495 e. The number of likely N-dealkylation sites (tertiary alicyclic amines) is 1. The number of anilines is 1. The van der Waals surface area contributed by atoms with E-state index in [2.05, 4.69) is 10.6 Å². The van der Waals surface area contributed by atoms with Crippen molar-refractivity contribution >= 4 is 29.2 Å². The minimum absolute atomic E-state index is 0.0316. The molecule has 2 unspecified atom stereocenters. The van der Waals surface area contributed by atoms with Gasteiger partial charge in [-0.15, -0.1) is 0 Å². The first-order valence-electron chi connectivity index (χ1n) is 8.73. The molecule has 0 bridgehead atoms. The van der Waals surface area contributed by atoms with Crippen molar-refractivity contribution < 1.29 is 14.3 Å². The molecule has 1 aliphatic rings. The lowest BCUT2D eigenvalue weighted by Crippen LogP contribution is -2.40. The van der Waals surface area contributed by atoms with Crippen molar-refractivity contribution in [1.29, 1.82) is 0 Å². The maximum absolute atomic E-state index is 12.4. The number of ether oxygens (including phenoxy) is 1. The molecule has 0 aliphatic carbocycles. The van der Waals surface area contributed by atoms with E-state index in [9.17, 15) is 9.59 Å². The summed E-state index contributed by atoms with van der Waals surface area (Å²) in [5.74, 6) is 0.568. The molecule has 2 aromatic carbocycles. The zero-order valence-corrected chi connectivity index (χ0v) is 16.0. The molecule has 0 aromatic heterocycles. The number of hydrogen-bond acceptors (Lipinski definition) is 3. The zero-order chi connectivity index (χ0) is 19.4. The van der Waals surface area contributed by atoms with Crippen LogP contribution in [0.15, 0.2) is 48.5 Å². The Labute approximate surface area is 163 Å². The molecule has 2 N–H and O–H groups in total. The smallest absolute Gasteiger partial charge is 0.319 e. The highest BCUT2D eigenvalue weighted by molar-refractivity contribution is 6.32. The van der Waals surface area contributed by atoms with Crippen LogP contribution in [0, 0.1) is 0 Å². The predicted octanol–water partition coefficient (Wildman–Crippen LogP) is 3.83. The van der Waals surface area contributed by atoms with Crippen LogP contribution in [-0.4, -0.2) is 36.5 Å². The van der Waals surface area contributed by atoms with E-state index in [-0.39, 0.29) is 30.4 Å². The van der Waals surface area contributed by atoms with Crippen molar-refractivity contribution in [2.75, 3.05) is 19.0 Å². The summed E-state index contributed by atoms with van der Waals surface area (Å²) < 4.78 is 5.09. The Morgan fingerprint density at radius 1 is 1.26 bits per heavy atom. The SMILES string of the molecule is COc1ccc(NC(=O)NC2CC(=O)N(C(C)c3ccccc3)C2)cc1Cl. The van der Waals surface area contributed by atoms with Gasteiger partial charge in [0.25, 0.3) is 0 Å². The van der Waals surface area contributed by atoms with Crippen molar-refractivity contribution in [1.82, 2.24) is 10.2 Å². The Morgan fingerprint density at radius 2 is 2.00 bits per heavy atom. The van der Waals surface area contributed by atoms with Crippen LogP contribution in [0.1, 0.15) is 24.9 Å². The molecular weight excluding hydrogens is 366 g/mol. The molecule has 2 aromatic rings. The molecule has 0 saturated carbocycles. The third-order valence-electron chi connectivity index (χ3n) is 4.65. The van der Waals surface area contributed by atoms with Gasteiger partial charge in [-0.25, -0.2) is 4.79 Å². The Hall–Kier alpha value is -2.73. The number of rotatable bonds is 5. The molecule has 1 fully saturated rings. The first-order chi connectivity index (χ1) is 13.0. The number of halogens is 1. The molecule has 7 heteroatoms. The highest BCUT2D eigenvalue weighted by atomic mass is 35.5. The second kappa shape index (κ2) is 8.31. The van der Waals surface area contributed by atoms with E-state index in [1.807, 2.05) is 37.3 Å². The van der Waals surface area contributed by atoms with Gasteiger partial charge < -0.3 is 20.3 Å². The van der Waals surface area contributed by atoms with Crippen LogP contribution >= 0.6 is 11.6 Å². The van der Waals surface area contributed by atoms with Gasteiger partial charge in [0, 0.05) is 18.7 Å². The summed E-state index contributed by atoms with van der Waals surface area (Å²) in [6.07, 6.45) is 0.286. The Morgan fingerprint density at radius 3 is 2.67 bits per heavy atom. The van der Waals surface area contributed by atoms with E-state index in [0.717, 1.165) is 5.56 Å². The van der Waals surface area contributed by atoms with Crippen LogP contribution in [0.25, 0.3) is 0 Å². The van der Waals surface area contributed by atoms with Gasteiger partial charge in [0.15, 0.2) is 0 Å². The van der Waals surface area contributed by atoms with Gasteiger partial charge in [0.2, 0.25) is 5.91 Å². The molecule has 1 heterocycles. The third-order valence-corrected chi connectivity index (χ3v) is 4.95. The normalized spacial score (nSPS) is 17.5. The average Bonchev–Trinajstić information content (AvgIpc) is 3.02. The van der Waals surface area contributed by atoms with Crippen molar-refractivity contribution in [3.63, 3.8) is 0 Å². The van der Waals surface area contributed by atoms with E-state index in [0.29, 0.717) is 23.0 Å². The van der Waals surface area contributed by atoms with Crippen molar-refractivity contribution in [2.24, 2.45) is 0 Å². The maximum Gasteiger partial charge on any atom is 0.319 e. The summed E-state index contributed by atoms with van der Waals surface area (Å²) in [5.41, 5.74) is 1.63. The summed E-state index contributed by atoms with van der Waals surface area (Å²) in [6, 6.07) is 14.2. The lowest BCUT2D eigenvalue weighted by Gasteiger charge is -2.25. The number of carbonyl (C=O) groups excluding carboxylic acids is 2. The number of methoxy groups -OCH3 is 1. The van der Waals surface area contributed by atoms with Gasteiger partial charge in [0.1, 0.15) is 5.75 Å². The molecule has 1 saturated heterocycles. The highest BCUT2D eigenvalue weighted by Crippen LogP contribution is 2.28. The Bertz CT molecular complexity index is 828. The standard InChI is InChI=1S/C20H22ClN3O3/c1-13(14-6-4-3-5-7-14)24-12-16(11-19(24)25)23-20(26)22-15-8-9-18(27-2)17(21)10-15/h3-10,13,16H,11-12H2,1-2H3,(H2,22,23,26). The van der Waals surface area contributed by atoms with E-state index < -0.39 is 0 Å². The fraction of sp³-hybridized carbons (Fsp3) is 0.300. The molecule has 142 valence electrons. The third kappa shape index (κ3) is 4.52. The van der Waals surface area contributed by atoms with Crippen LogP contribution in [0.2, 0.25) is 5.02 Å². The average molecular weight is 388 g/mol. The van der Waals surface area contributed by atoms with Crippen molar-refractivity contribution in [3.05, 3.63) is 59.1 Å². The quantitative estimate of drug-likeness (QED) is 0.819. The molecule has 0 radical (unpaired) electrons. The van der Waals surface area contributed by atoms with Crippen LogP contribution < -0.4 is 15.4 Å². The number of benzene rings is 2. The monoisotopic (exact) mass is 387 g/mol. The minimum atomic E-state index is -0.372. The molecule has 2 atom stereocenters. The van der Waals surface area contributed by atoms with Gasteiger partial charge in [0.05, 0.1) is 24.2 Å². The van der Waals surface area contributed by atoms with Gasteiger partial charge >= 0.3 is 6.03 Å². The summed E-state index contributed by atoms with van der Waals surface area (Å²) in [7, 11) is 1.53. The number of nitrogens with zero attached hydrogens (tertiary/aromatic N) is 1. The van der Waals surface area contributed by atoms with Gasteiger partial charge in [-0.2, -0.15) is 0 Å². The van der Waals surface area contributed by atoms with E-state index in [1.165, 1.54) is 7.11 Å². The number of carbonyl (C=O) groups is 2. The lowest BCUT2D eigenvalue weighted by molar-refractivity contribution is -0.129. The largest absolute Gasteiger partial charge is 0.495 e. The molecule has 0 spiro atoms. The molecular formula is C20H22ClN3O3. The summed E-state index contributed by atoms with van der Waals surface area (Å²) >= 11 is 6.07. The molecule has 27 heavy (non-hydrogen) atoms. The zero-order valence-electron chi connectivity index (χ0n) is 15.2. The van der Waals surface area contributed by atoms with Crippen LogP contribution in [-0.2, 0) is 4.79 Å². The summed E-state index contributed by atoms with van der Waals surface area (Å²) in [5, 5.41) is 6.00. The second-order valence-corrected chi connectivity index (χ2v) is 6.89. The van der Waals surface area contributed by atoms with Crippen molar-refractivity contribution in [2.45, 2.75) is 25.4 Å². The van der Waals surface area contributed by atoms with E-state index in [1.54, 1.807) is 23.1 Å². The van der Waals surface area contributed by atoms with Crippen LogP contribution in [0.5, 0.6) is 5.75 Å². The lowest BCUT2D eigenvalue weighted by atomic mass is 10.1. The van der Waals surface area contributed by atoms with Gasteiger partial charge in [-0.05, 0) is 30.7 Å². The summed E-state index contributed by atoms with van der Waals surface area (Å²) in [4.78, 5) is 26.4. The first-order valence-corrected chi connectivity index (χ1v) is 9.11. The number of amides is 3. The number of urea groups is 1. The van der Waals surface area contributed by atoms with E-state index in [4.69, 9.17) is 16.3 Å². The molecule has 3 rings (SSSR count). The number of hydrogen-bond donors (Lipinski definition) is 2. The topological polar surface area (TPSA) is 70.7 Å². The van der Waals surface area contributed by atoms with Crippen molar-refractivity contribution in [3.8, 4) is 5.75 Å². The molecule has 6 nitrogen and oxygen atoms in total. The maximum atomic E-state index is 12.4. The van der Waals surface area contributed by atoms with Crippen LogP contribution in [0.3, 0.4) is 0 Å². The fourth-order valence-corrected chi connectivity index (χ4v) is 3.47. The second-order valence-electron chi connectivity index (χ2n) is 6.48. The first kappa shape index (κ1) is 19.0. The van der Waals surface area contributed by atoms with Crippen LogP contribution in [0.4, 0.5) is 10.5 Å². The Balaban J connectivity index is 1.58. The number of nitrogens with one attached hydrogen (secondary N) is 2. The summed E-state index contributed by atoms with van der Waals surface area (Å²) in [6.45, 7) is 2.47. The van der Waals surface area contributed by atoms with Gasteiger partial charge in [-0.1, -0.05) is 41.9 Å².